The van der Waals surface area contributed by atoms with Crippen LogP contribution in [0.4, 0.5) is 5.69 Å². The highest BCUT2D eigenvalue weighted by atomic mass is 35.5. The van der Waals surface area contributed by atoms with Crippen LogP contribution in [0.1, 0.15) is 24.0 Å². The number of aromatic hydroxyl groups is 1. The number of nitrogens with zero attached hydrogens (tertiary/aromatic N) is 1. The number of hydrogen-bond donors (Lipinski definition) is 2. The van der Waals surface area contributed by atoms with Crippen LogP contribution in [-0.2, 0) is 11.3 Å². The molecule has 2 N–H and O–H groups in total. The van der Waals surface area contributed by atoms with Gasteiger partial charge in [0, 0.05) is 36.0 Å². The average molecular weight is 391 g/mol. The molecule has 26 heavy (non-hydrogen) atoms. The van der Waals surface area contributed by atoms with Crippen molar-refractivity contribution in [3.8, 4) is 5.75 Å². The summed E-state index contributed by atoms with van der Waals surface area (Å²) in [6.45, 7) is 3.95. The van der Waals surface area contributed by atoms with Crippen molar-refractivity contribution in [2.24, 2.45) is 0 Å². The Morgan fingerprint density at radius 2 is 2.15 bits per heavy atom. The smallest absolute Gasteiger partial charge is 0.173 e. The molecule has 0 radical (unpaired) electrons. The van der Waals surface area contributed by atoms with Gasteiger partial charge in [0.2, 0.25) is 0 Å². The van der Waals surface area contributed by atoms with Crippen LogP contribution in [0, 0.1) is 6.92 Å². The van der Waals surface area contributed by atoms with Crippen molar-refractivity contribution in [2.45, 2.75) is 32.4 Å². The number of anilines is 1. The molecule has 1 atom stereocenters. The van der Waals surface area contributed by atoms with Gasteiger partial charge in [-0.1, -0.05) is 35.9 Å². The zero-order chi connectivity index (χ0) is 18.5. The zero-order valence-electron chi connectivity index (χ0n) is 14.7. The maximum Gasteiger partial charge on any atom is 0.173 e. The first-order chi connectivity index (χ1) is 12.5. The molecule has 6 heteroatoms. The number of hydrogen-bond acceptors (Lipinski definition) is 3. The van der Waals surface area contributed by atoms with Gasteiger partial charge in [0.15, 0.2) is 5.11 Å². The van der Waals surface area contributed by atoms with E-state index in [0.717, 1.165) is 36.3 Å². The van der Waals surface area contributed by atoms with Crippen LogP contribution in [0.15, 0.2) is 42.5 Å². The van der Waals surface area contributed by atoms with Crippen molar-refractivity contribution in [2.75, 3.05) is 18.5 Å². The summed E-state index contributed by atoms with van der Waals surface area (Å²) in [6, 6.07) is 13.1. The van der Waals surface area contributed by atoms with Crippen molar-refractivity contribution in [3.05, 3.63) is 58.6 Å². The van der Waals surface area contributed by atoms with Crippen LogP contribution < -0.4 is 5.32 Å². The highest BCUT2D eigenvalue weighted by Crippen LogP contribution is 2.23. The Hall–Kier alpha value is -1.82. The third-order valence-corrected chi connectivity index (χ3v) is 5.28. The normalized spacial score (nSPS) is 16.5. The number of rotatable bonds is 5. The third-order valence-electron chi connectivity index (χ3n) is 4.51. The lowest BCUT2D eigenvalue weighted by molar-refractivity contribution is 0.0904. The van der Waals surface area contributed by atoms with Gasteiger partial charge in [-0.3, -0.25) is 0 Å². The second-order valence-corrected chi connectivity index (χ2v) is 7.33. The molecule has 0 aromatic heterocycles. The van der Waals surface area contributed by atoms with Crippen molar-refractivity contribution in [1.29, 1.82) is 0 Å². The van der Waals surface area contributed by atoms with E-state index in [0.29, 0.717) is 23.2 Å². The van der Waals surface area contributed by atoms with E-state index >= 15 is 0 Å². The first-order valence-electron chi connectivity index (χ1n) is 8.73. The summed E-state index contributed by atoms with van der Waals surface area (Å²) in [4.78, 5) is 2.04. The molecule has 0 amide bonds. The minimum atomic E-state index is 0.155. The molecular formula is C20H23ClN2O2S. The number of nitrogens with one attached hydrogen (secondary N) is 1. The number of phenolic OH excluding ortho intramolecular Hbond substituents is 1. The first kappa shape index (κ1) is 19.0. The van der Waals surface area contributed by atoms with Crippen LogP contribution in [0.3, 0.4) is 0 Å². The van der Waals surface area contributed by atoms with Crippen LogP contribution in [0.5, 0.6) is 5.75 Å². The molecule has 3 rings (SSSR count). The van der Waals surface area contributed by atoms with E-state index < -0.39 is 0 Å². The molecule has 1 saturated heterocycles. The Kier molecular flexibility index (Phi) is 6.35. The molecule has 4 nitrogen and oxygen atoms in total. The van der Waals surface area contributed by atoms with Crippen molar-refractivity contribution in [1.82, 2.24) is 4.90 Å². The maximum atomic E-state index is 10.1. The molecule has 0 saturated carbocycles. The Labute approximate surface area is 164 Å². The van der Waals surface area contributed by atoms with Crippen molar-refractivity contribution >= 4 is 34.6 Å². The monoisotopic (exact) mass is 390 g/mol. The molecular weight excluding hydrogens is 368 g/mol. The molecule has 2 aromatic carbocycles. The van der Waals surface area contributed by atoms with Gasteiger partial charge in [0.05, 0.1) is 6.10 Å². The first-order valence-corrected chi connectivity index (χ1v) is 9.52. The molecule has 1 aliphatic rings. The predicted octanol–water partition coefficient (Wildman–Crippen LogP) is 4.73. The summed E-state index contributed by atoms with van der Waals surface area (Å²) in [7, 11) is 0. The van der Waals surface area contributed by atoms with E-state index in [1.165, 1.54) is 0 Å². The van der Waals surface area contributed by atoms with E-state index in [1.54, 1.807) is 6.07 Å². The van der Waals surface area contributed by atoms with E-state index in [4.69, 9.17) is 28.6 Å². The lowest BCUT2D eigenvalue weighted by atomic mass is 10.1. The summed E-state index contributed by atoms with van der Waals surface area (Å²) in [6.07, 6.45) is 2.25. The predicted molar refractivity (Wildman–Crippen MR) is 110 cm³/mol. The fourth-order valence-corrected chi connectivity index (χ4v) is 3.41. The van der Waals surface area contributed by atoms with Gasteiger partial charge >= 0.3 is 0 Å². The summed E-state index contributed by atoms with van der Waals surface area (Å²) in [5.74, 6) is 0.269. The van der Waals surface area contributed by atoms with Gasteiger partial charge in [0.1, 0.15) is 5.75 Å². The second kappa shape index (κ2) is 8.71. The van der Waals surface area contributed by atoms with Gasteiger partial charge in [-0.25, -0.2) is 0 Å². The molecule has 0 aliphatic carbocycles. The topological polar surface area (TPSA) is 44.7 Å². The number of phenols is 1. The number of aryl methyl sites for hydroxylation is 1. The Morgan fingerprint density at radius 3 is 2.85 bits per heavy atom. The van der Waals surface area contributed by atoms with E-state index in [9.17, 15) is 5.11 Å². The fraction of sp³-hybridized carbons (Fsp3) is 0.350. The quantitative estimate of drug-likeness (QED) is 0.722. The molecule has 0 bridgehead atoms. The lowest BCUT2D eigenvalue weighted by Gasteiger charge is -2.28. The molecule has 1 aliphatic heterocycles. The van der Waals surface area contributed by atoms with Gasteiger partial charge < -0.3 is 20.1 Å². The Balaban J connectivity index is 1.75. The number of halogens is 1. The molecule has 1 heterocycles. The maximum absolute atomic E-state index is 10.1. The molecule has 138 valence electrons. The van der Waals surface area contributed by atoms with E-state index in [1.807, 2.05) is 48.2 Å². The number of benzene rings is 2. The Bertz CT molecular complexity index is 778. The van der Waals surface area contributed by atoms with Crippen molar-refractivity contribution in [3.63, 3.8) is 0 Å². The summed E-state index contributed by atoms with van der Waals surface area (Å²) >= 11 is 11.9. The van der Waals surface area contributed by atoms with Crippen LogP contribution in [0.25, 0.3) is 0 Å². The summed E-state index contributed by atoms with van der Waals surface area (Å²) < 4.78 is 5.77. The van der Waals surface area contributed by atoms with Crippen LogP contribution in [0.2, 0.25) is 5.02 Å². The van der Waals surface area contributed by atoms with Crippen molar-refractivity contribution < 1.29 is 9.84 Å². The van der Waals surface area contributed by atoms with Gasteiger partial charge in [-0.2, -0.15) is 0 Å². The second-order valence-electron chi connectivity index (χ2n) is 6.54. The minimum Gasteiger partial charge on any atom is -0.508 e. The lowest BCUT2D eigenvalue weighted by Crippen LogP contribution is -2.39. The standard InChI is InChI=1S/C20H23ClN2O2S/c1-14-8-9-16(11-18(14)21)22-20(26)23(13-17-6-4-10-25-17)12-15-5-2-3-7-19(15)24/h2-3,5,7-9,11,17,24H,4,6,10,12-13H2,1H3,(H,22,26)/t17-/m1/s1. The van der Waals surface area contributed by atoms with Crippen LogP contribution >= 0.6 is 23.8 Å². The Morgan fingerprint density at radius 1 is 1.35 bits per heavy atom. The zero-order valence-corrected chi connectivity index (χ0v) is 16.3. The van der Waals surface area contributed by atoms with Gasteiger partial charge in [-0.15, -0.1) is 0 Å². The molecule has 0 spiro atoms. The molecule has 0 unspecified atom stereocenters. The fourth-order valence-electron chi connectivity index (χ4n) is 2.98. The number of para-hydroxylation sites is 1. The molecule has 2 aromatic rings. The number of ether oxygens (including phenoxy) is 1. The molecule has 1 fully saturated rings. The SMILES string of the molecule is Cc1ccc(NC(=S)N(Cc2ccccc2O)C[C@H]2CCCO2)cc1Cl. The van der Waals surface area contributed by atoms with Gasteiger partial charge in [-0.05, 0) is 55.7 Å². The third kappa shape index (κ3) is 4.87. The highest BCUT2D eigenvalue weighted by Gasteiger charge is 2.22. The highest BCUT2D eigenvalue weighted by molar-refractivity contribution is 7.80. The average Bonchev–Trinajstić information content (AvgIpc) is 3.12. The van der Waals surface area contributed by atoms with Crippen LogP contribution in [-0.4, -0.2) is 34.4 Å². The van der Waals surface area contributed by atoms with E-state index in [-0.39, 0.29) is 11.9 Å². The number of thiocarbonyl (C=S) groups is 1. The largest absolute Gasteiger partial charge is 0.508 e. The summed E-state index contributed by atoms with van der Waals surface area (Å²) in [5, 5.41) is 14.7. The van der Waals surface area contributed by atoms with Gasteiger partial charge in [0.25, 0.3) is 0 Å². The minimum absolute atomic E-state index is 0.155. The summed E-state index contributed by atoms with van der Waals surface area (Å²) in [5.41, 5.74) is 2.70. The van der Waals surface area contributed by atoms with E-state index in [2.05, 4.69) is 5.32 Å².